The van der Waals surface area contributed by atoms with Gasteiger partial charge in [0.05, 0.1) is 34.7 Å². The van der Waals surface area contributed by atoms with E-state index in [9.17, 15) is 4.79 Å². The van der Waals surface area contributed by atoms with E-state index in [2.05, 4.69) is 50.4 Å². The molecule has 3 heterocycles. The van der Waals surface area contributed by atoms with E-state index in [0.717, 1.165) is 76.2 Å². The van der Waals surface area contributed by atoms with Gasteiger partial charge >= 0.3 is 5.97 Å². The van der Waals surface area contributed by atoms with Crippen LogP contribution in [0.2, 0.25) is 0 Å². The molecule has 0 unspecified atom stereocenters. The molecule has 198 valence electrons. The lowest BCUT2D eigenvalue weighted by molar-refractivity contribution is 0.0601. The number of aromatic nitrogens is 5. The molecule has 0 N–H and O–H groups in total. The van der Waals surface area contributed by atoms with Gasteiger partial charge in [-0.2, -0.15) is 0 Å². The van der Waals surface area contributed by atoms with Crippen molar-refractivity contribution in [2.75, 3.05) is 7.11 Å². The van der Waals surface area contributed by atoms with Crippen LogP contribution in [0.25, 0.3) is 50.4 Å². The van der Waals surface area contributed by atoms with E-state index in [1.165, 1.54) is 25.5 Å². The number of ether oxygens (including phenoxy) is 1. The first-order chi connectivity index (χ1) is 19.7. The second-order valence-corrected chi connectivity index (χ2v) is 10.3. The highest BCUT2D eigenvalue weighted by Gasteiger charge is 2.18. The van der Waals surface area contributed by atoms with E-state index < -0.39 is 0 Å². The number of methoxy groups -OCH3 is 1. The van der Waals surface area contributed by atoms with Gasteiger partial charge in [-0.1, -0.05) is 42.0 Å². The van der Waals surface area contributed by atoms with Gasteiger partial charge in [-0.25, -0.2) is 19.7 Å². The molecule has 0 saturated heterocycles. The zero-order chi connectivity index (χ0) is 27.1. The summed E-state index contributed by atoms with van der Waals surface area (Å²) in [4.78, 5) is 27.0. The fourth-order valence-electron chi connectivity index (χ4n) is 5.80. The molecule has 0 aliphatic heterocycles. The Morgan fingerprint density at radius 2 is 1.77 bits per heavy atom. The summed E-state index contributed by atoms with van der Waals surface area (Å²) in [5, 5.41) is 0. The van der Waals surface area contributed by atoms with Gasteiger partial charge in [-0.05, 0) is 68.5 Å². The molecule has 0 atom stereocenters. The van der Waals surface area contributed by atoms with Gasteiger partial charge in [0.1, 0.15) is 11.5 Å². The molecule has 6 aromatic rings. The van der Waals surface area contributed by atoms with E-state index in [1.54, 1.807) is 0 Å². The van der Waals surface area contributed by atoms with Crippen LogP contribution >= 0.6 is 0 Å². The third-order valence-corrected chi connectivity index (χ3v) is 7.84. The van der Waals surface area contributed by atoms with Gasteiger partial charge in [-0.15, -0.1) is 0 Å². The van der Waals surface area contributed by atoms with E-state index in [4.69, 9.17) is 14.7 Å². The minimum absolute atomic E-state index is 0.363. The van der Waals surface area contributed by atoms with E-state index in [-0.39, 0.29) is 5.97 Å². The van der Waals surface area contributed by atoms with Crippen molar-refractivity contribution >= 4 is 33.7 Å². The predicted molar refractivity (Wildman–Crippen MR) is 157 cm³/mol. The summed E-state index contributed by atoms with van der Waals surface area (Å²) < 4.78 is 9.33. The molecule has 0 spiro atoms. The number of aryl methyl sites for hydroxylation is 1. The van der Waals surface area contributed by atoms with Crippen molar-refractivity contribution in [3.05, 3.63) is 96.3 Å². The van der Waals surface area contributed by atoms with E-state index in [1.807, 2.05) is 48.8 Å². The molecule has 1 aliphatic carbocycles. The van der Waals surface area contributed by atoms with E-state index >= 15 is 0 Å². The summed E-state index contributed by atoms with van der Waals surface area (Å²) in [5.74, 6) is 0.502. The molecule has 3 aromatic carbocycles. The van der Waals surface area contributed by atoms with Gasteiger partial charge in [0.25, 0.3) is 0 Å². The lowest BCUT2D eigenvalue weighted by Gasteiger charge is -2.15. The van der Waals surface area contributed by atoms with Gasteiger partial charge in [0.15, 0.2) is 5.65 Å². The summed E-state index contributed by atoms with van der Waals surface area (Å²) >= 11 is 0. The fraction of sp³-hybridized carbons (Fsp3) is 0.212. The first kappa shape index (κ1) is 24.3. The summed E-state index contributed by atoms with van der Waals surface area (Å²) in [7, 11) is 1.40. The van der Waals surface area contributed by atoms with E-state index in [0.29, 0.717) is 5.56 Å². The zero-order valence-electron chi connectivity index (χ0n) is 22.4. The number of carbonyl (C=O) groups excluding carboxylic acids is 1. The predicted octanol–water partition coefficient (Wildman–Crippen LogP) is 7.24. The molecule has 0 fully saturated rings. The Labute approximate surface area is 231 Å². The Balaban J connectivity index is 1.39. The van der Waals surface area contributed by atoms with Crippen molar-refractivity contribution in [2.45, 2.75) is 38.6 Å². The monoisotopic (exact) mass is 527 g/mol. The van der Waals surface area contributed by atoms with Crippen LogP contribution in [-0.4, -0.2) is 37.0 Å². The van der Waals surface area contributed by atoms with Crippen LogP contribution in [0.4, 0.5) is 0 Å². The average molecular weight is 528 g/mol. The van der Waals surface area contributed by atoms with Crippen molar-refractivity contribution in [3.8, 4) is 22.6 Å². The second kappa shape index (κ2) is 10.1. The molecule has 0 radical (unpaired) electrons. The van der Waals surface area contributed by atoms with Gasteiger partial charge < -0.3 is 9.30 Å². The molecule has 7 heteroatoms. The largest absolute Gasteiger partial charge is 0.465 e. The molecule has 0 bridgehead atoms. The number of allylic oxidation sites excluding steroid dienone is 2. The van der Waals surface area contributed by atoms with Crippen LogP contribution in [0.3, 0.4) is 0 Å². The topological polar surface area (TPSA) is 74.3 Å². The zero-order valence-corrected chi connectivity index (χ0v) is 22.4. The molecule has 7 nitrogen and oxygen atoms in total. The minimum atomic E-state index is -0.363. The third-order valence-electron chi connectivity index (χ3n) is 7.84. The summed E-state index contributed by atoms with van der Waals surface area (Å²) in [5.41, 5.74) is 9.31. The van der Waals surface area contributed by atoms with Gasteiger partial charge in [0, 0.05) is 30.1 Å². The van der Waals surface area contributed by atoms with Crippen molar-refractivity contribution < 1.29 is 9.53 Å². The average Bonchev–Trinajstić information content (AvgIpc) is 3.65. The molecular weight excluding hydrogens is 498 g/mol. The summed E-state index contributed by atoms with van der Waals surface area (Å²) in [6.07, 6.45) is 12.0. The fourth-order valence-corrected chi connectivity index (χ4v) is 5.80. The number of esters is 1. The second-order valence-electron chi connectivity index (χ2n) is 10.3. The van der Waals surface area contributed by atoms with Crippen LogP contribution in [0.5, 0.6) is 0 Å². The number of fused-ring (bicyclic) bond motifs is 4. The number of carbonyl (C=O) groups is 1. The van der Waals surface area contributed by atoms with Crippen LogP contribution in [0.15, 0.2) is 90.8 Å². The lowest BCUT2D eigenvalue weighted by atomic mass is 9.97. The normalized spacial score (nSPS) is 13.7. The highest BCUT2D eigenvalue weighted by atomic mass is 16.5. The summed E-state index contributed by atoms with van der Waals surface area (Å²) in [6, 6.07) is 22.1. The first-order valence-corrected chi connectivity index (χ1v) is 13.8. The highest BCUT2D eigenvalue weighted by Crippen LogP contribution is 2.32. The Kier molecular flexibility index (Phi) is 6.11. The summed E-state index contributed by atoms with van der Waals surface area (Å²) in [6.45, 7) is 0.816. The maximum absolute atomic E-state index is 12.3. The number of hydrogen-bond donors (Lipinski definition) is 0. The van der Waals surface area contributed by atoms with Crippen molar-refractivity contribution in [1.29, 1.82) is 0 Å². The van der Waals surface area contributed by atoms with Gasteiger partial charge in [-0.3, -0.25) is 4.40 Å². The molecule has 0 saturated carbocycles. The SMILES string of the molecule is COC(=O)c1ccc2c(c1)nc(-c1ccc3c(c1)nc(-c1ccccc1)c1nccn13)n2CCC1=CCCCC1. The van der Waals surface area contributed by atoms with Crippen molar-refractivity contribution in [1.82, 2.24) is 23.9 Å². The first-order valence-electron chi connectivity index (χ1n) is 13.8. The third kappa shape index (κ3) is 4.24. The molecule has 0 amide bonds. The highest BCUT2D eigenvalue weighted by molar-refractivity contribution is 5.95. The number of benzene rings is 3. The smallest absolute Gasteiger partial charge is 0.337 e. The Morgan fingerprint density at radius 3 is 2.60 bits per heavy atom. The number of nitrogens with zero attached hydrogens (tertiary/aromatic N) is 5. The van der Waals surface area contributed by atoms with Crippen LogP contribution < -0.4 is 0 Å². The Hall–Kier alpha value is -4.78. The molecule has 3 aromatic heterocycles. The maximum Gasteiger partial charge on any atom is 0.337 e. The molecule has 40 heavy (non-hydrogen) atoms. The number of imidazole rings is 2. The minimum Gasteiger partial charge on any atom is -0.465 e. The van der Waals surface area contributed by atoms with Crippen LogP contribution in [0, 0.1) is 0 Å². The molecule has 1 aliphatic rings. The Bertz CT molecular complexity index is 1920. The van der Waals surface area contributed by atoms with Crippen molar-refractivity contribution in [3.63, 3.8) is 0 Å². The van der Waals surface area contributed by atoms with Crippen molar-refractivity contribution in [2.24, 2.45) is 0 Å². The van der Waals surface area contributed by atoms with Crippen LogP contribution in [0.1, 0.15) is 42.5 Å². The number of hydrogen-bond acceptors (Lipinski definition) is 5. The maximum atomic E-state index is 12.3. The molecular formula is C33H29N5O2. The lowest BCUT2D eigenvalue weighted by Crippen LogP contribution is -2.04. The van der Waals surface area contributed by atoms with Gasteiger partial charge in [0.2, 0.25) is 0 Å². The number of rotatable bonds is 6. The Morgan fingerprint density at radius 1 is 0.925 bits per heavy atom. The van der Waals surface area contributed by atoms with Crippen LogP contribution in [-0.2, 0) is 11.3 Å². The molecule has 7 rings (SSSR count). The quantitative estimate of drug-likeness (QED) is 0.169. The standard InChI is InChI=1S/C33H29N5O2/c1-40-33(39)25-13-15-29-27(21-25)36-31(37(29)18-16-22-8-4-2-5-9-22)24-12-14-28-26(20-24)35-30(23-10-6-3-7-11-23)32-34-17-19-38(28)32/h3,6-8,10-15,17,19-21H,2,4-5,9,16,18H2,1H3.